The quantitative estimate of drug-likeness (QED) is 0.486. The standard InChI is InChI=1S/C10H22Si/c1-10(2,3)9-6-7-11(4,5)8-9/h9H,6-8H2,1-5H3. The van der Waals surface area contributed by atoms with Crippen LogP contribution in [0, 0.1) is 11.3 Å². The lowest BCUT2D eigenvalue weighted by atomic mass is 9.81. The Morgan fingerprint density at radius 1 is 1.18 bits per heavy atom. The van der Waals surface area contributed by atoms with Crippen molar-refractivity contribution in [1.82, 2.24) is 0 Å². The van der Waals surface area contributed by atoms with Crippen molar-refractivity contribution in [2.75, 3.05) is 0 Å². The second kappa shape index (κ2) is 2.62. The Kier molecular flexibility index (Phi) is 2.21. The van der Waals surface area contributed by atoms with Crippen molar-refractivity contribution in [1.29, 1.82) is 0 Å². The van der Waals surface area contributed by atoms with Crippen LogP contribution >= 0.6 is 0 Å². The van der Waals surface area contributed by atoms with Gasteiger partial charge in [-0.05, 0) is 11.3 Å². The van der Waals surface area contributed by atoms with Gasteiger partial charge in [0.15, 0.2) is 0 Å². The molecule has 1 unspecified atom stereocenters. The van der Waals surface area contributed by atoms with Crippen LogP contribution in [0.2, 0.25) is 25.2 Å². The molecule has 1 saturated heterocycles. The minimum Gasteiger partial charge on any atom is -0.0693 e. The lowest BCUT2D eigenvalue weighted by Crippen LogP contribution is -2.23. The van der Waals surface area contributed by atoms with Crippen LogP contribution in [0.1, 0.15) is 27.2 Å². The third kappa shape index (κ3) is 2.33. The van der Waals surface area contributed by atoms with Gasteiger partial charge >= 0.3 is 0 Å². The zero-order chi connectivity index (χ0) is 8.70. The number of hydrogen-bond acceptors (Lipinski definition) is 0. The van der Waals surface area contributed by atoms with Crippen molar-refractivity contribution < 1.29 is 0 Å². The van der Waals surface area contributed by atoms with Gasteiger partial charge in [-0.1, -0.05) is 52.4 Å². The average molecular weight is 170 g/mol. The first kappa shape index (κ1) is 9.31. The second-order valence-corrected chi connectivity index (χ2v) is 11.2. The number of rotatable bonds is 0. The Morgan fingerprint density at radius 2 is 1.73 bits per heavy atom. The first-order chi connectivity index (χ1) is 4.81. The lowest BCUT2D eigenvalue weighted by molar-refractivity contribution is 0.264. The van der Waals surface area contributed by atoms with E-state index in [1.807, 2.05) is 0 Å². The summed E-state index contributed by atoms with van der Waals surface area (Å²) in [4.78, 5) is 0. The van der Waals surface area contributed by atoms with Crippen LogP contribution in [0.15, 0.2) is 0 Å². The molecule has 0 aromatic rings. The summed E-state index contributed by atoms with van der Waals surface area (Å²) in [7, 11) is -0.713. The third-order valence-electron chi connectivity index (χ3n) is 3.19. The van der Waals surface area contributed by atoms with Gasteiger partial charge in [-0.2, -0.15) is 0 Å². The fourth-order valence-electron chi connectivity index (χ4n) is 2.18. The maximum atomic E-state index is 2.54. The van der Waals surface area contributed by atoms with Gasteiger partial charge in [0.25, 0.3) is 0 Å². The van der Waals surface area contributed by atoms with Crippen LogP contribution in [0.4, 0.5) is 0 Å². The van der Waals surface area contributed by atoms with Crippen LogP contribution in [0.25, 0.3) is 0 Å². The maximum absolute atomic E-state index is 2.54. The summed E-state index contributed by atoms with van der Waals surface area (Å²) in [5, 5.41) is 0. The topological polar surface area (TPSA) is 0 Å². The van der Waals surface area contributed by atoms with E-state index in [0.29, 0.717) is 5.41 Å². The molecule has 1 heterocycles. The van der Waals surface area contributed by atoms with Gasteiger partial charge in [-0.15, -0.1) is 0 Å². The summed E-state index contributed by atoms with van der Waals surface area (Å²) in [6.07, 6.45) is 1.50. The summed E-state index contributed by atoms with van der Waals surface area (Å²) >= 11 is 0. The molecule has 1 heteroatoms. The summed E-state index contributed by atoms with van der Waals surface area (Å²) in [6.45, 7) is 12.3. The molecule has 0 bridgehead atoms. The molecule has 66 valence electrons. The minimum absolute atomic E-state index is 0.570. The van der Waals surface area contributed by atoms with E-state index in [1.54, 1.807) is 12.1 Å². The fourth-order valence-corrected chi connectivity index (χ4v) is 5.66. The monoisotopic (exact) mass is 170 g/mol. The fraction of sp³-hybridized carbons (Fsp3) is 1.00. The van der Waals surface area contributed by atoms with Crippen LogP contribution in [-0.2, 0) is 0 Å². The largest absolute Gasteiger partial charge is 0.0693 e. The van der Waals surface area contributed by atoms with E-state index in [-0.39, 0.29) is 0 Å². The maximum Gasteiger partial charge on any atom is 0.0476 e. The average Bonchev–Trinajstić information content (AvgIpc) is 2.07. The first-order valence-corrected chi connectivity index (χ1v) is 8.23. The highest BCUT2D eigenvalue weighted by molar-refractivity contribution is 6.78. The SMILES string of the molecule is CC(C)(C)C1CC[Si](C)(C)C1. The van der Waals surface area contributed by atoms with E-state index in [4.69, 9.17) is 0 Å². The molecule has 0 aliphatic carbocycles. The highest BCUT2D eigenvalue weighted by Gasteiger charge is 2.38. The predicted molar refractivity (Wildman–Crippen MR) is 54.7 cm³/mol. The van der Waals surface area contributed by atoms with Crippen molar-refractivity contribution in [2.45, 2.75) is 52.4 Å². The highest BCUT2D eigenvalue weighted by Crippen LogP contribution is 2.44. The van der Waals surface area contributed by atoms with Crippen LogP contribution in [0.5, 0.6) is 0 Å². The van der Waals surface area contributed by atoms with E-state index in [1.165, 1.54) is 6.42 Å². The van der Waals surface area contributed by atoms with Crippen molar-refractivity contribution >= 4 is 8.07 Å². The molecule has 1 aliphatic heterocycles. The Morgan fingerprint density at radius 3 is 1.91 bits per heavy atom. The van der Waals surface area contributed by atoms with Gasteiger partial charge in [0.2, 0.25) is 0 Å². The normalized spacial score (nSPS) is 30.8. The Labute approximate surface area is 72.4 Å². The zero-order valence-electron chi connectivity index (χ0n) is 8.70. The van der Waals surface area contributed by atoms with E-state index in [2.05, 4.69) is 33.9 Å². The molecule has 0 N–H and O–H groups in total. The van der Waals surface area contributed by atoms with E-state index in [9.17, 15) is 0 Å². The van der Waals surface area contributed by atoms with Crippen LogP contribution in [-0.4, -0.2) is 8.07 Å². The molecule has 0 amide bonds. The summed E-state index contributed by atoms with van der Waals surface area (Å²) in [5.74, 6) is 1.02. The van der Waals surface area contributed by atoms with Crippen LogP contribution < -0.4 is 0 Å². The van der Waals surface area contributed by atoms with Crippen molar-refractivity contribution in [3.05, 3.63) is 0 Å². The smallest absolute Gasteiger partial charge is 0.0476 e. The Hall–Kier alpha value is 0.217. The van der Waals surface area contributed by atoms with Gasteiger partial charge in [0, 0.05) is 8.07 Å². The molecule has 0 saturated carbocycles. The first-order valence-electron chi connectivity index (χ1n) is 4.81. The molecule has 1 fully saturated rings. The molecular formula is C10H22Si. The molecule has 0 aromatic carbocycles. The third-order valence-corrected chi connectivity index (χ3v) is 6.43. The van der Waals surface area contributed by atoms with Gasteiger partial charge in [0.05, 0.1) is 0 Å². The number of hydrogen-bond donors (Lipinski definition) is 0. The summed E-state index contributed by atoms with van der Waals surface area (Å²) < 4.78 is 0. The summed E-state index contributed by atoms with van der Waals surface area (Å²) in [6, 6.07) is 3.13. The van der Waals surface area contributed by atoms with Gasteiger partial charge in [0.1, 0.15) is 0 Å². The van der Waals surface area contributed by atoms with Crippen molar-refractivity contribution in [2.24, 2.45) is 11.3 Å². The predicted octanol–water partition coefficient (Wildman–Crippen LogP) is 3.76. The van der Waals surface area contributed by atoms with Gasteiger partial charge in [-0.25, -0.2) is 0 Å². The molecule has 0 spiro atoms. The Bertz CT molecular complexity index is 141. The van der Waals surface area contributed by atoms with Crippen LogP contribution in [0.3, 0.4) is 0 Å². The highest BCUT2D eigenvalue weighted by atomic mass is 28.3. The molecule has 1 aliphatic rings. The van der Waals surface area contributed by atoms with E-state index < -0.39 is 8.07 Å². The molecule has 0 nitrogen and oxygen atoms in total. The zero-order valence-corrected chi connectivity index (χ0v) is 9.70. The molecular weight excluding hydrogens is 148 g/mol. The van der Waals surface area contributed by atoms with Gasteiger partial charge in [-0.3, -0.25) is 0 Å². The lowest BCUT2D eigenvalue weighted by Gasteiger charge is -2.27. The van der Waals surface area contributed by atoms with E-state index >= 15 is 0 Å². The molecule has 0 radical (unpaired) electrons. The van der Waals surface area contributed by atoms with Gasteiger partial charge < -0.3 is 0 Å². The molecule has 1 rings (SSSR count). The second-order valence-electron chi connectivity index (χ2n) is 5.97. The molecule has 1 atom stereocenters. The van der Waals surface area contributed by atoms with Crippen molar-refractivity contribution in [3.8, 4) is 0 Å². The molecule has 11 heavy (non-hydrogen) atoms. The molecule has 0 aromatic heterocycles. The Balaban J connectivity index is 2.55. The summed E-state index contributed by atoms with van der Waals surface area (Å²) in [5.41, 5.74) is 0.570. The van der Waals surface area contributed by atoms with Crippen molar-refractivity contribution in [3.63, 3.8) is 0 Å². The minimum atomic E-state index is -0.713. The van der Waals surface area contributed by atoms with E-state index in [0.717, 1.165) is 5.92 Å².